The molecule has 0 radical (unpaired) electrons. The highest BCUT2D eigenvalue weighted by Crippen LogP contribution is 2.50. The number of aromatic hydroxyl groups is 2. The van der Waals surface area contributed by atoms with Crippen LogP contribution in [0.1, 0.15) is 30.9 Å². The number of nitrogens with zero attached hydrogens (tertiary/aromatic N) is 1. The van der Waals surface area contributed by atoms with E-state index in [2.05, 4.69) is 12.1 Å². The lowest BCUT2D eigenvalue weighted by atomic mass is 9.83. The second kappa shape index (κ2) is 6.09. The number of aromatic nitrogens is 1. The molecule has 1 heterocycles. The summed E-state index contributed by atoms with van der Waals surface area (Å²) in [5.41, 5.74) is 3.44. The third-order valence-electron chi connectivity index (χ3n) is 4.84. The molecular formula is C21H19NO5. The third-order valence-corrected chi connectivity index (χ3v) is 4.84. The molecule has 0 spiro atoms. The molecule has 0 saturated heterocycles. The molecule has 0 unspecified atom stereocenters. The van der Waals surface area contributed by atoms with Gasteiger partial charge in [-0.25, -0.2) is 4.79 Å². The molecular weight excluding hydrogens is 346 g/mol. The van der Waals surface area contributed by atoms with E-state index in [0.717, 1.165) is 22.3 Å². The number of benzene rings is 2. The monoisotopic (exact) mass is 365 g/mol. The molecule has 27 heavy (non-hydrogen) atoms. The summed E-state index contributed by atoms with van der Waals surface area (Å²) in [6, 6.07) is 18.5. The van der Waals surface area contributed by atoms with E-state index in [9.17, 15) is 15.0 Å². The molecule has 1 aromatic heterocycles. The predicted molar refractivity (Wildman–Crippen MR) is 98.6 cm³/mol. The fourth-order valence-electron chi connectivity index (χ4n) is 3.77. The molecule has 0 aliphatic heterocycles. The molecule has 0 saturated carbocycles. The van der Waals surface area contributed by atoms with E-state index in [4.69, 9.17) is 9.57 Å². The first-order valence-corrected chi connectivity index (χ1v) is 8.57. The Labute approximate surface area is 156 Å². The SMILES string of the molecule is CC(C)(OC(=O)On1c(O)ccc1O)C1c2ccccc2-c2ccccc21. The first-order valence-electron chi connectivity index (χ1n) is 8.57. The van der Waals surface area contributed by atoms with Crippen LogP contribution < -0.4 is 4.84 Å². The van der Waals surface area contributed by atoms with E-state index in [1.54, 1.807) is 0 Å². The van der Waals surface area contributed by atoms with E-state index in [1.807, 2.05) is 50.2 Å². The molecule has 0 fully saturated rings. The highest BCUT2D eigenvalue weighted by Gasteiger charge is 2.42. The predicted octanol–water partition coefficient (Wildman–Crippen LogP) is 4.06. The van der Waals surface area contributed by atoms with E-state index >= 15 is 0 Å². The maximum absolute atomic E-state index is 12.3. The molecule has 1 aliphatic carbocycles. The van der Waals surface area contributed by atoms with E-state index < -0.39 is 23.5 Å². The third kappa shape index (κ3) is 2.79. The van der Waals surface area contributed by atoms with Crippen molar-refractivity contribution >= 4 is 6.16 Å². The molecule has 6 heteroatoms. The van der Waals surface area contributed by atoms with Gasteiger partial charge in [-0.15, -0.1) is 4.73 Å². The molecule has 2 N–H and O–H groups in total. The minimum atomic E-state index is -1.02. The van der Waals surface area contributed by atoms with E-state index in [-0.39, 0.29) is 5.92 Å². The van der Waals surface area contributed by atoms with Gasteiger partial charge >= 0.3 is 6.16 Å². The average Bonchev–Trinajstić information content (AvgIpc) is 3.14. The Morgan fingerprint density at radius 3 is 1.89 bits per heavy atom. The molecule has 0 amide bonds. The van der Waals surface area contributed by atoms with Gasteiger partial charge in [-0.1, -0.05) is 48.5 Å². The van der Waals surface area contributed by atoms with Crippen LogP contribution in [0.15, 0.2) is 60.7 Å². The Kier molecular flexibility index (Phi) is 3.84. The molecule has 3 aromatic rings. The zero-order valence-electron chi connectivity index (χ0n) is 14.9. The van der Waals surface area contributed by atoms with Crippen LogP contribution in [0.4, 0.5) is 4.79 Å². The maximum atomic E-state index is 12.3. The number of carbonyl (C=O) groups is 1. The van der Waals surface area contributed by atoms with Gasteiger partial charge in [-0.2, -0.15) is 0 Å². The van der Waals surface area contributed by atoms with Crippen LogP contribution in [0.2, 0.25) is 0 Å². The topological polar surface area (TPSA) is 80.9 Å². The Balaban J connectivity index is 1.65. The van der Waals surface area contributed by atoms with Gasteiger partial charge in [0.1, 0.15) is 5.60 Å². The Morgan fingerprint density at radius 2 is 1.37 bits per heavy atom. The van der Waals surface area contributed by atoms with Crippen LogP contribution in [0.25, 0.3) is 11.1 Å². The molecule has 4 rings (SSSR count). The first-order chi connectivity index (χ1) is 12.9. The smallest absolute Gasteiger partial charge is 0.492 e. The summed E-state index contributed by atoms with van der Waals surface area (Å²) in [5, 5.41) is 19.2. The number of hydrogen-bond donors (Lipinski definition) is 2. The van der Waals surface area contributed by atoms with Crippen LogP contribution in [0, 0.1) is 0 Å². The van der Waals surface area contributed by atoms with Gasteiger partial charge in [0.15, 0.2) is 0 Å². The van der Waals surface area contributed by atoms with Crippen molar-refractivity contribution in [1.29, 1.82) is 0 Å². The summed E-state index contributed by atoms with van der Waals surface area (Å²) in [7, 11) is 0. The Morgan fingerprint density at radius 1 is 0.889 bits per heavy atom. The quantitative estimate of drug-likeness (QED) is 0.684. The summed E-state index contributed by atoms with van der Waals surface area (Å²) >= 11 is 0. The lowest BCUT2D eigenvalue weighted by Crippen LogP contribution is -2.37. The van der Waals surface area contributed by atoms with Gasteiger partial charge < -0.3 is 14.9 Å². The van der Waals surface area contributed by atoms with Crippen LogP contribution in [0.5, 0.6) is 11.8 Å². The molecule has 6 nitrogen and oxygen atoms in total. The second-order valence-corrected chi connectivity index (χ2v) is 7.00. The van der Waals surface area contributed by atoms with Gasteiger partial charge in [0.25, 0.3) is 0 Å². The minimum Gasteiger partial charge on any atom is -0.492 e. The zero-order chi connectivity index (χ0) is 19.2. The highest BCUT2D eigenvalue weighted by atomic mass is 16.8. The largest absolute Gasteiger partial charge is 0.534 e. The van der Waals surface area contributed by atoms with Gasteiger partial charge in [-0.05, 0) is 36.1 Å². The number of ether oxygens (including phenoxy) is 1. The lowest BCUT2D eigenvalue weighted by molar-refractivity contribution is -0.0319. The fraction of sp³-hybridized carbons (Fsp3) is 0.190. The summed E-state index contributed by atoms with van der Waals surface area (Å²) in [5.74, 6) is -0.984. The van der Waals surface area contributed by atoms with Crippen molar-refractivity contribution in [3.05, 3.63) is 71.8 Å². The van der Waals surface area contributed by atoms with E-state index in [0.29, 0.717) is 4.73 Å². The normalized spacial score (nSPS) is 13.1. The molecule has 1 aliphatic rings. The second-order valence-electron chi connectivity index (χ2n) is 7.00. The van der Waals surface area contributed by atoms with Crippen molar-refractivity contribution in [3.63, 3.8) is 0 Å². The summed E-state index contributed by atoms with van der Waals surface area (Å²) in [4.78, 5) is 17.3. The number of rotatable bonds is 3. The maximum Gasteiger partial charge on any atom is 0.534 e. The van der Waals surface area contributed by atoms with Crippen LogP contribution in [0.3, 0.4) is 0 Å². The van der Waals surface area contributed by atoms with Crippen molar-refractivity contribution in [3.8, 4) is 22.9 Å². The molecule has 2 aromatic carbocycles. The van der Waals surface area contributed by atoms with Gasteiger partial charge in [0.2, 0.25) is 11.8 Å². The standard InChI is InChI=1S/C21H19NO5/c1-21(2,26-20(25)27-22-17(23)11-12-18(22)24)19-15-9-5-3-7-13(15)14-8-4-6-10-16(14)19/h3-12,19,23-24H,1-2H3. The highest BCUT2D eigenvalue weighted by molar-refractivity contribution is 5.79. The number of fused-ring (bicyclic) bond motifs is 3. The Bertz CT molecular complexity index is 956. The van der Waals surface area contributed by atoms with Crippen molar-refractivity contribution in [2.75, 3.05) is 0 Å². The van der Waals surface area contributed by atoms with Crippen LogP contribution >= 0.6 is 0 Å². The van der Waals surface area contributed by atoms with Crippen molar-refractivity contribution in [2.24, 2.45) is 0 Å². The summed E-state index contributed by atoms with van der Waals surface area (Å²) in [6.45, 7) is 3.63. The molecule has 0 atom stereocenters. The van der Waals surface area contributed by atoms with Gasteiger partial charge in [0, 0.05) is 18.1 Å². The zero-order valence-corrected chi connectivity index (χ0v) is 14.9. The van der Waals surface area contributed by atoms with Gasteiger partial charge in [-0.3, -0.25) is 4.84 Å². The van der Waals surface area contributed by atoms with Crippen molar-refractivity contribution in [1.82, 2.24) is 4.73 Å². The van der Waals surface area contributed by atoms with E-state index in [1.165, 1.54) is 12.1 Å². The van der Waals surface area contributed by atoms with Gasteiger partial charge in [0.05, 0.1) is 0 Å². The first kappa shape index (κ1) is 17.0. The summed E-state index contributed by atoms with van der Waals surface area (Å²) in [6.07, 6.45) is -1.02. The van der Waals surface area contributed by atoms with Crippen molar-refractivity contribution < 1.29 is 24.6 Å². The van der Waals surface area contributed by atoms with Crippen LogP contribution in [-0.2, 0) is 4.74 Å². The molecule has 0 bridgehead atoms. The minimum absolute atomic E-state index is 0.177. The lowest BCUT2D eigenvalue weighted by Gasteiger charge is -2.32. The van der Waals surface area contributed by atoms with Crippen LogP contribution in [-0.4, -0.2) is 26.7 Å². The fourth-order valence-corrected chi connectivity index (χ4v) is 3.77. The average molecular weight is 365 g/mol. The number of hydrogen-bond acceptors (Lipinski definition) is 5. The Hall–Kier alpha value is -3.41. The molecule has 138 valence electrons. The number of carbonyl (C=O) groups excluding carboxylic acids is 1. The van der Waals surface area contributed by atoms with Crippen molar-refractivity contribution in [2.45, 2.75) is 25.4 Å². The summed E-state index contributed by atoms with van der Waals surface area (Å²) < 4.78 is 6.22.